The molecule has 1 aliphatic rings. The normalized spacial score (nSPS) is 22.4. The fourth-order valence-corrected chi connectivity index (χ4v) is 3.70. The van der Waals surface area contributed by atoms with Crippen molar-refractivity contribution in [1.82, 2.24) is 5.32 Å². The first-order chi connectivity index (χ1) is 12.4. The highest BCUT2D eigenvalue weighted by molar-refractivity contribution is 5.91. The van der Waals surface area contributed by atoms with E-state index in [9.17, 15) is 4.79 Å². The number of esters is 1. The average Bonchev–Trinajstić information content (AvgIpc) is 3.11. The van der Waals surface area contributed by atoms with Gasteiger partial charge >= 0.3 is 5.97 Å². The van der Waals surface area contributed by atoms with Crippen molar-refractivity contribution in [2.75, 3.05) is 39.8 Å². The van der Waals surface area contributed by atoms with E-state index in [-0.39, 0.29) is 12.0 Å². The number of hydrogen-bond acceptors (Lipinski definition) is 5. The van der Waals surface area contributed by atoms with Crippen LogP contribution in [0.2, 0.25) is 0 Å². The third-order valence-electron chi connectivity index (χ3n) is 5.26. The Hall–Kier alpha value is -2.37. The Kier molecular flexibility index (Phi) is 5.03. The summed E-state index contributed by atoms with van der Waals surface area (Å²) < 4.78 is 10.7. The summed E-state index contributed by atoms with van der Waals surface area (Å²) >= 11 is 0. The van der Waals surface area contributed by atoms with Gasteiger partial charge in [-0.15, -0.1) is 0 Å². The van der Waals surface area contributed by atoms with Crippen molar-refractivity contribution >= 4 is 28.5 Å². The topological polar surface area (TPSA) is 50.8 Å². The Labute approximate surface area is 154 Å². The molecule has 0 radical (unpaired) electrons. The second-order valence-corrected chi connectivity index (χ2v) is 6.93. The van der Waals surface area contributed by atoms with Crippen LogP contribution in [-0.2, 0) is 19.9 Å². The van der Waals surface area contributed by atoms with Crippen LogP contribution in [0.15, 0.2) is 36.9 Å². The highest BCUT2D eigenvalue weighted by atomic mass is 16.5. The van der Waals surface area contributed by atoms with Crippen molar-refractivity contribution in [3.05, 3.63) is 48.0 Å². The molecule has 5 nitrogen and oxygen atoms in total. The molecule has 138 valence electrons. The molecule has 0 saturated carbocycles. The average molecular weight is 354 g/mol. The summed E-state index contributed by atoms with van der Waals surface area (Å²) in [5, 5.41) is 5.50. The van der Waals surface area contributed by atoms with Gasteiger partial charge in [-0.1, -0.05) is 24.8 Å². The molecule has 1 heterocycles. The zero-order valence-corrected chi connectivity index (χ0v) is 15.8. The number of anilines is 1. The first kappa shape index (κ1) is 18.4. The summed E-state index contributed by atoms with van der Waals surface area (Å²) in [6.07, 6.45) is 2.42. The fraction of sp³-hybridized carbons (Fsp3) is 0.381. The first-order valence-corrected chi connectivity index (χ1v) is 8.68. The predicted molar refractivity (Wildman–Crippen MR) is 105 cm³/mol. The van der Waals surface area contributed by atoms with Crippen LogP contribution in [0.3, 0.4) is 0 Å². The SMILES string of the molecule is C=Cc1cc2cc(C3(OC)CNC(C(=O)OC)C3)ccc2cc1N(C)C. The van der Waals surface area contributed by atoms with Crippen molar-refractivity contribution in [3.8, 4) is 0 Å². The molecule has 2 atom stereocenters. The van der Waals surface area contributed by atoms with Crippen LogP contribution < -0.4 is 10.2 Å². The van der Waals surface area contributed by atoms with Gasteiger partial charge in [0.15, 0.2) is 0 Å². The predicted octanol–water partition coefficient (Wildman–Crippen LogP) is 2.93. The van der Waals surface area contributed by atoms with Gasteiger partial charge in [0.25, 0.3) is 0 Å². The third-order valence-corrected chi connectivity index (χ3v) is 5.26. The number of ether oxygens (including phenoxy) is 2. The lowest BCUT2D eigenvalue weighted by molar-refractivity contribution is -0.143. The molecule has 0 aromatic heterocycles. The van der Waals surface area contributed by atoms with Crippen LogP contribution in [-0.4, -0.2) is 46.9 Å². The number of hydrogen-bond donors (Lipinski definition) is 1. The quantitative estimate of drug-likeness (QED) is 0.837. The van der Waals surface area contributed by atoms with Crippen LogP contribution in [0.25, 0.3) is 16.8 Å². The molecule has 1 N–H and O–H groups in total. The zero-order chi connectivity index (χ0) is 18.9. The fourth-order valence-electron chi connectivity index (χ4n) is 3.70. The van der Waals surface area contributed by atoms with Crippen molar-refractivity contribution in [1.29, 1.82) is 0 Å². The lowest BCUT2D eigenvalue weighted by atomic mass is 9.88. The standard InChI is InChI=1S/C21H26N2O3/c1-6-14-9-16-10-17(8-7-15(16)11-19(14)23(2)3)21(26-5)12-18(22-13-21)20(24)25-4/h6-11,18,22H,1,12-13H2,2-5H3. The Morgan fingerprint density at radius 2 is 2.04 bits per heavy atom. The van der Waals surface area contributed by atoms with Crippen LogP contribution in [0.5, 0.6) is 0 Å². The molecule has 3 rings (SSSR count). The number of carbonyl (C=O) groups is 1. The van der Waals surface area contributed by atoms with Gasteiger partial charge in [0.05, 0.1) is 7.11 Å². The van der Waals surface area contributed by atoms with Crippen molar-refractivity contribution in [2.45, 2.75) is 18.1 Å². The van der Waals surface area contributed by atoms with E-state index in [2.05, 4.69) is 47.1 Å². The molecule has 0 amide bonds. The van der Waals surface area contributed by atoms with E-state index in [1.807, 2.05) is 20.2 Å². The van der Waals surface area contributed by atoms with Gasteiger partial charge < -0.3 is 19.7 Å². The second kappa shape index (κ2) is 7.09. The number of benzene rings is 2. The maximum atomic E-state index is 11.9. The molecular formula is C21H26N2O3. The number of carbonyl (C=O) groups excluding carboxylic acids is 1. The van der Waals surface area contributed by atoms with E-state index >= 15 is 0 Å². The summed E-state index contributed by atoms with van der Waals surface area (Å²) in [5.41, 5.74) is 2.74. The molecular weight excluding hydrogens is 328 g/mol. The largest absolute Gasteiger partial charge is 0.468 e. The smallest absolute Gasteiger partial charge is 0.322 e. The van der Waals surface area contributed by atoms with E-state index in [0.717, 1.165) is 27.6 Å². The van der Waals surface area contributed by atoms with Crippen LogP contribution in [0.4, 0.5) is 5.69 Å². The number of methoxy groups -OCH3 is 2. The number of fused-ring (bicyclic) bond motifs is 1. The lowest BCUT2D eigenvalue weighted by Gasteiger charge is -2.28. The number of nitrogens with one attached hydrogen (secondary N) is 1. The third kappa shape index (κ3) is 3.08. The lowest BCUT2D eigenvalue weighted by Crippen LogP contribution is -2.31. The van der Waals surface area contributed by atoms with E-state index in [4.69, 9.17) is 9.47 Å². The first-order valence-electron chi connectivity index (χ1n) is 8.68. The zero-order valence-electron chi connectivity index (χ0n) is 15.8. The molecule has 0 spiro atoms. The summed E-state index contributed by atoms with van der Waals surface area (Å²) in [6, 6.07) is 10.3. The molecule has 2 aromatic rings. The Balaban J connectivity index is 2.04. The van der Waals surface area contributed by atoms with Gasteiger partial charge in [-0.25, -0.2) is 0 Å². The van der Waals surface area contributed by atoms with E-state index in [1.54, 1.807) is 7.11 Å². The Bertz CT molecular complexity index is 847. The monoisotopic (exact) mass is 354 g/mol. The van der Waals surface area contributed by atoms with Gasteiger partial charge in [0, 0.05) is 39.9 Å². The minimum atomic E-state index is -0.540. The summed E-state index contributed by atoms with van der Waals surface area (Å²) in [7, 11) is 7.15. The summed E-state index contributed by atoms with van der Waals surface area (Å²) in [5.74, 6) is -0.255. The minimum Gasteiger partial charge on any atom is -0.468 e. The Morgan fingerprint density at radius 1 is 1.27 bits per heavy atom. The second-order valence-electron chi connectivity index (χ2n) is 6.93. The van der Waals surface area contributed by atoms with Gasteiger partial charge in [0.2, 0.25) is 0 Å². The molecule has 0 bridgehead atoms. The van der Waals surface area contributed by atoms with Gasteiger partial charge in [-0.3, -0.25) is 4.79 Å². The maximum Gasteiger partial charge on any atom is 0.322 e. The molecule has 1 fully saturated rings. The number of rotatable bonds is 5. The summed E-state index contributed by atoms with van der Waals surface area (Å²) in [6.45, 7) is 4.50. The van der Waals surface area contributed by atoms with Crippen LogP contribution >= 0.6 is 0 Å². The molecule has 2 unspecified atom stereocenters. The van der Waals surface area contributed by atoms with E-state index in [0.29, 0.717) is 13.0 Å². The molecule has 2 aromatic carbocycles. The van der Waals surface area contributed by atoms with Crippen molar-refractivity contribution in [2.24, 2.45) is 0 Å². The van der Waals surface area contributed by atoms with E-state index < -0.39 is 5.60 Å². The summed E-state index contributed by atoms with van der Waals surface area (Å²) in [4.78, 5) is 14.0. The molecule has 0 aliphatic carbocycles. The highest BCUT2D eigenvalue weighted by Crippen LogP contribution is 2.37. The highest BCUT2D eigenvalue weighted by Gasteiger charge is 2.44. The maximum absolute atomic E-state index is 11.9. The van der Waals surface area contributed by atoms with E-state index in [1.165, 1.54) is 7.11 Å². The molecule has 5 heteroatoms. The van der Waals surface area contributed by atoms with Gasteiger partial charge in [0.1, 0.15) is 11.6 Å². The molecule has 1 aliphatic heterocycles. The molecule has 1 saturated heterocycles. The van der Waals surface area contributed by atoms with Gasteiger partial charge in [-0.05, 0) is 40.1 Å². The Morgan fingerprint density at radius 3 is 2.65 bits per heavy atom. The number of nitrogens with zero attached hydrogens (tertiary/aromatic N) is 1. The van der Waals surface area contributed by atoms with Crippen LogP contribution in [0.1, 0.15) is 17.5 Å². The minimum absolute atomic E-state index is 0.255. The van der Waals surface area contributed by atoms with Gasteiger partial charge in [-0.2, -0.15) is 0 Å². The molecule has 26 heavy (non-hydrogen) atoms. The van der Waals surface area contributed by atoms with Crippen molar-refractivity contribution in [3.63, 3.8) is 0 Å². The van der Waals surface area contributed by atoms with Crippen molar-refractivity contribution < 1.29 is 14.3 Å². The van der Waals surface area contributed by atoms with Crippen LogP contribution in [0, 0.1) is 0 Å².